The van der Waals surface area contributed by atoms with Crippen molar-refractivity contribution in [1.82, 2.24) is 15.0 Å². The summed E-state index contributed by atoms with van der Waals surface area (Å²) >= 11 is 0. The minimum atomic E-state index is -3.86. The van der Waals surface area contributed by atoms with Gasteiger partial charge in [0.05, 0.1) is 28.6 Å². The van der Waals surface area contributed by atoms with Crippen LogP contribution in [0.1, 0.15) is 17.3 Å². The zero-order valence-corrected chi connectivity index (χ0v) is 22.8. The summed E-state index contributed by atoms with van der Waals surface area (Å²) in [6, 6.07) is 22.7. The summed E-state index contributed by atoms with van der Waals surface area (Å²) in [5, 5.41) is 2.62. The van der Waals surface area contributed by atoms with Gasteiger partial charge in [-0.2, -0.15) is 0 Å². The quantitative estimate of drug-likeness (QED) is 0.217. The predicted octanol–water partition coefficient (Wildman–Crippen LogP) is 4.62. The molecule has 12 heteroatoms. The SMILES string of the molecule is COc1ccc(-c2nc3ccc(C(=O)OC(C)C(=O)Nc4ccc(S(=O)(=O)Nc5ccccn5)cc4)cc3[nH]2)cc1. The van der Waals surface area contributed by atoms with E-state index in [1.165, 1.54) is 43.5 Å². The van der Waals surface area contributed by atoms with E-state index in [-0.39, 0.29) is 16.3 Å². The van der Waals surface area contributed by atoms with E-state index in [9.17, 15) is 18.0 Å². The summed E-state index contributed by atoms with van der Waals surface area (Å²) in [5.74, 6) is 0.284. The molecule has 0 spiro atoms. The number of benzene rings is 3. The lowest BCUT2D eigenvalue weighted by molar-refractivity contribution is -0.123. The number of sulfonamides is 1. The summed E-state index contributed by atoms with van der Waals surface area (Å²) in [7, 11) is -2.27. The van der Waals surface area contributed by atoms with Gasteiger partial charge in [0.25, 0.3) is 15.9 Å². The third kappa shape index (κ3) is 6.34. The van der Waals surface area contributed by atoms with Gasteiger partial charge in [0.15, 0.2) is 6.10 Å². The highest BCUT2D eigenvalue weighted by Gasteiger charge is 2.21. The molecule has 0 radical (unpaired) electrons. The maximum absolute atomic E-state index is 12.8. The Balaban J connectivity index is 1.20. The molecular weight excluding hydrogens is 546 g/mol. The topological polar surface area (TPSA) is 152 Å². The fraction of sp³-hybridized carbons (Fsp3) is 0.103. The largest absolute Gasteiger partial charge is 0.497 e. The lowest BCUT2D eigenvalue weighted by Crippen LogP contribution is -2.30. The summed E-state index contributed by atoms with van der Waals surface area (Å²) in [5.41, 5.74) is 2.73. The molecule has 1 atom stereocenters. The summed E-state index contributed by atoms with van der Waals surface area (Å²) in [6.07, 6.45) is 0.351. The standard InChI is InChI=1S/C29H25N5O6S/c1-18(28(35)31-21-9-13-23(14-10-21)41(37,38)34-26-5-3-4-16-30-26)40-29(36)20-8-15-24-25(17-20)33-27(32-24)19-6-11-22(39-2)12-7-19/h3-18H,1-2H3,(H,30,34)(H,31,35)(H,32,33). The van der Waals surface area contributed by atoms with Crippen molar-refractivity contribution >= 4 is 44.4 Å². The van der Waals surface area contributed by atoms with Crippen molar-refractivity contribution in [3.05, 3.63) is 96.7 Å². The Morgan fingerprint density at radius 3 is 2.39 bits per heavy atom. The number of anilines is 2. The van der Waals surface area contributed by atoms with Crippen LogP contribution in [0, 0.1) is 0 Å². The Morgan fingerprint density at radius 1 is 0.951 bits per heavy atom. The van der Waals surface area contributed by atoms with Gasteiger partial charge in [0.1, 0.15) is 17.4 Å². The number of nitrogens with one attached hydrogen (secondary N) is 3. The van der Waals surface area contributed by atoms with Gasteiger partial charge in [0.2, 0.25) is 0 Å². The number of pyridine rings is 1. The molecule has 5 aromatic rings. The van der Waals surface area contributed by atoms with Crippen molar-refractivity contribution in [3.8, 4) is 17.1 Å². The van der Waals surface area contributed by atoms with Crippen molar-refractivity contribution < 1.29 is 27.5 Å². The number of nitrogens with zero attached hydrogens (tertiary/aromatic N) is 2. The Morgan fingerprint density at radius 2 is 1.71 bits per heavy atom. The van der Waals surface area contributed by atoms with E-state index in [0.717, 1.165) is 11.3 Å². The van der Waals surface area contributed by atoms with Crippen molar-refractivity contribution in [2.24, 2.45) is 0 Å². The second kappa shape index (κ2) is 11.5. The molecule has 5 rings (SSSR count). The molecule has 2 heterocycles. The zero-order chi connectivity index (χ0) is 29.0. The number of fused-ring (bicyclic) bond motifs is 1. The van der Waals surface area contributed by atoms with Crippen LogP contribution >= 0.6 is 0 Å². The number of rotatable bonds is 9. The van der Waals surface area contributed by atoms with Crippen LogP contribution < -0.4 is 14.8 Å². The number of hydrogen-bond donors (Lipinski definition) is 3. The first-order chi connectivity index (χ1) is 19.7. The molecule has 2 aromatic heterocycles. The molecule has 0 aliphatic rings. The molecule has 3 N–H and O–H groups in total. The van der Waals surface area contributed by atoms with Gasteiger partial charge < -0.3 is 19.8 Å². The van der Waals surface area contributed by atoms with Gasteiger partial charge in [-0.1, -0.05) is 6.07 Å². The second-order valence-electron chi connectivity index (χ2n) is 8.93. The summed E-state index contributed by atoms with van der Waals surface area (Å²) in [6.45, 7) is 1.44. The first kappa shape index (κ1) is 27.3. The van der Waals surface area contributed by atoms with Gasteiger partial charge in [-0.3, -0.25) is 9.52 Å². The van der Waals surface area contributed by atoms with Crippen LogP contribution in [0.3, 0.4) is 0 Å². The lowest BCUT2D eigenvalue weighted by Gasteiger charge is -2.14. The van der Waals surface area contributed by atoms with E-state index >= 15 is 0 Å². The normalized spacial score (nSPS) is 12.0. The van der Waals surface area contributed by atoms with Crippen LogP contribution in [0.2, 0.25) is 0 Å². The van der Waals surface area contributed by atoms with E-state index < -0.39 is 28.0 Å². The highest BCUT2D eigenvalue weighted by molar-refractivity contribution is 7.92. The molecule has 0 saturated heterocycles. The monoisotopic (exact) mass is 571 g/mol. The van der Waals surface area contributed by atoms with Crippen LogP contribution in [-0.2, 0) is 19.6 Å². The van der Waals surface area contributed by atoms with Gasteiger partial charge >= 0.3 is 5.97 Å². The molecule has 0 aliphatic heterocycles. The molecule has 0 bridgehead atoms. The highest BCUT2D eigenvalue weighted by atomic mass is 32.2. The predicted molar refractivity (Wildman–Crippen MR) is 153 cm³/mol. The van der Waals surface area contributed by atoms with E-state index in [1.807, 2.05) is 24.3 Å². The highest BCUT2D eigenvalue weighted by Crippen LogP contribution is 2.24. The lowest BCUT2D eigenvalue weighted by atomic mass is 10.2. The van der Waals surface area contributed by atoms with Crippen molar-refractivity contribution in [1.29, 1.82) is 0 Å². The van der Waals surface area contributed by atoms with Gasteiger partial charge in [-0.15, -0.1) is 0 Å². The number of aromatic nitrogens is 3. The zero-order valence-electron chi connectivity index (χ0n) is 22.0. The van der Waals surface area contributed by atoms with Crippen molar-refractivity contribution in [2.45, 2.75) is 17.9 Å². The van der Waals surface area contributed by atoms with Gasteiger partial charge in [0, 0.05) is 17.4 Å². The number of carbonyl (C=O) groups excluding carboxylic acids is 2. The van der Waals surface area contributed by atoms with Crippen molar-refractivity contribution in [3.63, 3.8) is 0 Å². The van der Waals surface area contributed by atoms with Crippen LogP contribution in [-0.4, -0.2) is 48.5 Å². The number of ether oxygens (including phenoxy) is 2. The Bertz CT molecular complexity index is 1800. The third-order valence-corrected chi connectivity index (χ3v) is 7.44. The fourth-order valence-electron chi connectivity index (χ4n) is 3.89. The number of esters is 1. The van der Waals surface area contributed by atoms with E-state index in [4.69, 9.17) is 9.47 Å². The molecule has 1 amide bonds. The fourth-order valence-corrected chi connectivity index (χ4v) is 4.89. The number of aromatic amines is 1. The van der Waals surface area contributed by atoms with E-state index in [0.29, 0.717) is 22.5 Å². The molecule has 0 saturated carbocycles. The summed E-state index contributed by atoms with van der Waals surface area (Å²) in [4.78, 5) is 37.1. The van der Waals surface area contributed by atoms with E-state index in [2.05, 4.69) is 25.0 Å². The Hall–Kier alpha value is -5.23. The van der Waals surface area contributed by atoms with E-state index in [1.54, 1.807) is 37.4 Å². The smallest absolute Gasteiger partial charge is 0.338 e. The molecule has 208 valence electrons. The Kier molecular flexibility index (Phi) is 7.66. The molecule has 0 fully saturated rings. The minimum Gasteiger partial charge on any atom is -0.497 e. The molecule has 1 unspecified atom stereocenters. The maximum Gasteiger partial charge on any atom is 0.338 e. The number of amides is 1. The minimum absolute atomic E-state index is 0.00928. The molecule has 0 aliphatic carbocycles. The molecule has 41 heavy (non-hydrogen) atoms. The van der Waals surface area contributed by atoms with Crippen LogP contribution in [0.4, 0.5) is 11.5 Å². The first-order valence-electron chi connectivity index (χ1n) is 12.4. The maximum atomic E-state index is 12.8. The van der Waals surface area contributed by atoms with Crippen LogP contribution in [0.25, 0.3) is 22.4 Å². The number of H-pyrrole nitrogens is 1. The molecular formula is C29H25N5O6S. The average Bonchev–Trinajstić information content (AvgIpc) is 3.41. The summed E-state index contributed by atoms with van der Waals surface area (Å²) < 4.78 is 38.1. The Labute approximate surface area is 235 Å². The number of hydrogen-bond acceptors (Lipinski definition) is 8. The molecule has 3 aromatic carbocycles. The number of methoxy groups -OCH3 is 1. The second-order valence-corrected chi connectivity index (χ2v) is 10.6. The number of imidazole rings is 1. The van der Waals surface area contributed by atoms with Crippen LogP contribution in [0.15, 0.2) is 96.0 Å². The third-order valence-electron chi connectivity index (χ3n) is 6.07. The first-order valence-corrected chi connectivity index (χ1v) is 13.9. The molecule has 11 nitrogen and oxygen atoms in total. The average molecular weight is 572 g/mol. The van der Waals surface area contributed by atoms with Crippen LogP contribution in [0.5, 0.6) is 5.75 Å². The van der Waals surface area contributed by atoms with Gasteiger partial charge in [-0.05, 0) is 85.8 Å². The van der Waals surface area contributed by atoms with Crippen molar-refractivity contribution in [2.75, 3.05) is 17.1 Å². The van der Waals surface area contributed by atoms with Gasteiger partial charge in [-0.25, -0.2) is 23.2 Å². The number of carbonyl (C=O) groups is 2.